The first-order valence-corrected chi connectivity index (χ1v) is 3.85. The average Bonchev–Trinajstić information content (AvgIpc) is 1.98. The van der Waals surface area contributed by atoms with Crippen LogP contribution >= 0.6 is 0 Å². The Hall–Kier alpha value is -2.16. The summed E-state index contributed by atoms with van der Waals surface area (Å²) in [6, 6.07) is 0. The lowest BCUT2D eigenvalue weighted by molar-refractivity contribution is -0.170. The Morgan fingerprint density at radius 2 is 1.62 bits per heavy atom. The summed E-state index contributed by atoms with van der Waals surface area (Å²) in [5.74, 6) is -4.98. The van der Waals surface area contributed by atoms with E-state index in [-0.39, 0.29) is 0 Å². The molecule has 0 rings (SSSR count). The highest BCUT2D eigenvalue weighted by Gasteiger charge is 2.41. The molecule has 0 aromatic carbocycles. The van der Waals surface area contributed by atoms with Crippen LogP contribution in [0.25, 0.3) is 0 Å². The molecule has 9 heteroatoms. The van der Waals surface area contributed by atoms with Crippen LogP contribution in [0, 0.1) is 0 Å². The number of carbonyl (C=O) groups is 4. The van der Waals surface area contributed by atoms with Crippen LogP contribution in [-0.4, -0.2) is 44.9 Å². The number of hydrogen-bond acceptors (Lipinski definition) is 6. The van der Waals surface area contributed by atoms with Gasteiger partial charge < -0.3 is 25.8 Å². The van der Waals surface area contributed by atoms with Crippen molar-refractivity contribution in [1.29, 1.82) is 0 Å². The predicted molar refractivity (Wildman–Crippen MR) is 45.1 cm³/mol. The van der Waals surface area contributed by atoms with Gasteiger partial charge in [-0.3, -0.25) is 9.59 Å². The van der Waals surface area contributed by atoms with Gasteiger partial charge in [-0.25, -0.2) is 9.59 Å². The SMILES string of the molecule is NC(=O)OC(=O)CC(O)(CC(=O)O)C(=O)O. The number of primary amides is 1. The molecule has 1 unspecified atom stereocenters. The second kappa shape index (κ2) is 5.07. The van der Waals surface area contributed by atoms with Gasteiger partial charge in [0.2, 0.25) is 0 Å². The summed E-state index contributed by atoms with van der Waals surface area (Å²) < 4.78 is 3.76. The Morgan fingerprint density at radius 1 is 1.12 bits per heavy atom. The molecule has 90 valence electrons. The van der Waals surface area contributed by atoms with E-state index in [4.69, 9.17) is 10.2 Å². The fourth-order valence-electron chi connectivity index (χ4n) is 0.851. The lowest BCUT2D eigenvalue weighted by atomic mass is 9.96. The van der Waals surface area contributed by atoms with E-state index in [1.165, 1.54) is 0 Å². The Labute approximate surface area is 88.4 Å². The molecule has 16 heavy (non-hydrogen) atoms. The van der Waals surface area contributed by atoms with Crippen molar-refractivity contribution in [3.8, 4) is 0 Å². The molecule has 0 aliphatic rings. The van der Waals surface area contributed by atoms with E-state index >= 15 is 0 Å². The van der Waals surface area contributed by atoms with E-state index in [9.17, 15) is 24.3 Å². The van der Waals surface area contributed by atoms with Crippen molar-refractivity contribution in [2.45, 2.75) is 18.4 Å². The van der Waals surface area contributed by atoms with Crippen LogP contribution in [0.3, 0.4) is 0 Å². The van der Waals surface area contributed by atoms with Crippen molar-refractivity contribution in [2.24, 2.45) is 5.73 Å². The zero-order valence-electron chi connectivity index (χ0n) is 7.87. The van der Waals surface area contributed by atoms with Crippen LogP contribution in [0.5, 0.6) is 0 Å². The number of rotatable bonds is 5. The highest BCUT2D eigenvalue weighted by atomic mass is 16.6. The number of aliphatic hydroxyl groups is 1. The number of ether oxygens (including phenoxy) is 1. The number of carbonyl (C=O) groups excluding carboxylic acids is 2. The van der Waals surface area contributed by atoms with Gasteiger partial charge in [0.15, 0.2) is 5.60 Å². The zero-order valence-corrected chi connectivity index (χ0v) is 7.87. The topological polar surface area (TPSA) is 164 Å². The molecule has 9 nitrogen and oxygen atoms in total. The molecular weight excluding hydrogens is 226 g/mol. The number of aliphatic carboxylic acids is 2. The standard InChI is InChI=1S/C7H9NO8/c8-6(14)16-4(11)2-7(15,5(12)13)1-3(9)10/h15H,1-2H2,(H2,8,14)(H,9,10)(H,12,13). The molecule has 1 atom stereocenters. The minimum atomic E-state index is -2.83. The Balaban J connectivity index is 4.68. The molecule has 0 aliphatic carbocycles. The monoisotopic (exact) mass is 235 g/mol. The third-order valence-corrected chi connectivity index (χ3v) is 1.49. The second-order valence-electron chi connectivity index (χ2n) is 2.88. The minimum Gasteiger partial charge on any atom is -0.481 e. The van der Waals surface area contributed by atoms with Gasteiger partial charge in [0, 0.05) is 0 Å². The summed E-state index contributed by atoms with van der Waals surface area (Å²) in [7, 11) is 0. The Bertz CT molecular complexity index is 337. The van der Waals surface area contributed by atoms with Gasteiger partial charge in [0.25, 0.3) is 0 Å². The highest BCUT2D eigenvalue weighted by molar-refractivity contribution is 5.91. The molecule has 0 spiro atoms. The molecule has 0 aromatic rings. The van der Waals surface area contributed by atoms with Gasteiger partial charge in [-0.1, -0.05) is 0 Å². The normalized spacial score (nSPS) is 13.6. The molecule has 0 radical (unpaired) electrons. The fourth-order valence-corrected chi connectivity index (χ4v) is 0.851. The molecule has 1 amide bonds. The van der Waals surface area contributed by atoms with E-state index < -0.39 is 42.4 Å². The van der Waals surface area contributed by atoms with E-state index in [0.717, 1.165) is 0 Å². The van der Waals surface area contributed by atoms with E-state index in [0.29, 0.717) is 0 Å². The molecular formula is C7H9NO8. The molecule has 0 heterocycles. The number of nitrogens with two attached hydrogens (primary N) is 1. The van der Waals surface area contributed by atoms with Gasteiger partial charge in [0.1, 0.15) is 0 Å². The summed E-state index contributed by atoms with van der Waals surface area (Å²) in [6.45, 7) is 0. The van der Waals surface area contributed by atoms with E-state index in [1.54, 1.807) is 0 Å². The van der Waals surface area contributed by atoms with Crippen LogP contribution in [-0.2, 0) is 19.1 Å². The summed E-state index contributed by atoms with van der Waals surface area (Å²) in [6.07, 6.45) is -3.89. The van der Waals surface area contributed by atoms with Crippen LogP contribution in [0.1, 0.15) is 12.8 Å². The number of hydrogen-bond donors (Lipinski definition) is 4. The molecule has 0 aromatic heterocycles. The van der Waals surface area contributed by atoms with Gasteiger partial charge >= 0.3 is 24.0 Å². The van der Waals surface area contributed by atoms with Crippen molar-refractivity contribution in [2.75, 3.05) is 0 Å². The van der Waals surface area contributed by atoms with Crippen LogP contribution < -0.4 is 5.73 Å². The van der Waals surface area contributed by atoms with Crippen LogP contribution in [0.2, 0.25) is 0 Å². The Morgan fingerprint density at radius 3 is 1.94 bits per heavy atom. The fraction of sp³-hybridized carbons (Fsp3) is 0.429. The van der Waals surface area contributed by atoms with Crippen molar-refractivity contribution >= 4 is 24.0 Å². The molecule has 0 fully saturated rings. The molecule has 0 saturated carbocycles. The van der Waals surface area contributed by atoms with E-state index in [1.807, 2.05) is 0 Å². The molecule has 5 N–H and O–H groups in total. The number of carboxylic acid groups (broad SMARTS) is 2. The lowest BCUT2D eigenvalue weighted by Gasteiger charge is -2.19. The quantitative estimate of drug-likeness (QED) is 0.323. The highest BCUT2D eigenvalue weighted by Crippen LogP contribution is 2.16. The molecule has 0 aliphatic heterocycles. The first-order chi connectivity index (χ1) is 7.17. The minimum absolute atomic E-state index is 1.20. The number of carboxylic acids is 2. The summed E-state index contributed by atoms with van der Waals surface area (Å²) in [4.78, 5) is 41.7. The van der Waals surface area contributed by atoms with Gasteiger partial charge in [-0.15, -0.1) is 0 Å². The van der Waals surface area contributed by atoms with Gasteiger partial charge in [-0.2, -0.15) is 0 Å². The maximum absolute atomic E-state index is 10.8. The first-order valence-electron chi connectivity index (χ1n) is 3.85. The maximum atomic E-state index is 10.8. The second-order valence-corrected chi connectivity index (χ2v) is 2.88. The Kier molecular flexibility index (Phi) is 4.39. The predicted octanol–water partition coefficient (Wildman–Crippen LogP) is -1.71. The van der Waals surface area contributed by atoms with Gasteiger partial charge in [-0.05, 0) is 0 Å². The van der Waals surface area contributed by atoms with Crippen LogP contribution in [0.4, 0.5) is 4.79 Å². The summed E-state index contributed by atoms with van der Waals surface area (Å²) in [5, 5.41) is 26.2. The van der Waals surface area contributed by atoms with Crippen molar-refractivity contribution < 1.29 is 39.2 Å². The molecule has 0 saturated heterocycles. The summed E-state index contributed by atoms with van der Waals surface area (Å²) in [5.41, 5.74) is 1.63. The van der Waals surface area contributed by atoms with Crippen molar-refractivity contribution in [3.05, 3.63) is 0 Å². The van der Waals surface area contributed by atoms with Crippen molar-refractivity contribution in [3.63, 3.8) is 0 Å². The maximum Gasteiger partial charge on any atom is 0.412 e. The van der Waals surface area contributed by atoms with Crippen LogP contribution in [0.15, 0.2) is 0 Å². The zero-order chi connectivity index (χ0) is 12.9. The third-order valence-electron chi connectivity index (χ3n) is 1.49. The number of amides is 1. The third kappa shape index (κ3) is 4.37. The average molecular weight is 235 g/mol. The number of esters is 1. The van der Waals surface area contributed by atoms with Crippen molar-refractivity contribution in [1.82, 2.24) is 0 Å². The first kappa shape index (κ1) is 13.8. The smallest absolute Gasteiger partial charge is 0.412 e. The lowest BCUT2D eigenvalue weighted by Crippen LogP contribution is -2.43. The largest absolute Gasteiger partial charge is 0.481 e. The van der Waals surface area contributed by atoms with E-state index in [2.05, 4.69) is 10.5 Å². The van der Waals surface area contributed by atoms with Gasteiger partial charge in [0.05, 0.1) is 12.8 Å². The molecule has 0 bridgehead atoms. The summed E-state index contributed by atoms with van der Waals surface area (Å²) >= 11 is 0.